The van der Waals surface area contributed by atoms with Gasteiger partial charge in [-0.2, -0.15) is 0 Å². The van der Waals surface area contributed by atoms with Gasteiger partial charge in [0.2, 0.25) is 0 Å². The van der Waals surface area contributed by atoms with Gasteiger partial charge in [0.15, 0.2) is 0 Å². The lowest BCUT2D eigenvalue weighted by Crippen LogP contribution is -2.22. The van der Waals surface area contributed by atoms with Gasteiger partial charge in [-0.05, 0) is 23.6 Å². The molecule has 0 spiro atoms. The number of ether oxygens (including phenoxy) is 2. The van der Waals surface area contributed by atoms with E-state index in [0.717, 1.165) is 11.4 Å². The maximum absolute atomic E-state index is 11.2. The highest BCUT2D eigenvalue weighted by Crippen LogP contribution is 2.31. The topological polar surface area (TPSA) is 38.8 Å². The molecule has 0 radical (unpaired) electrons. The van der Waals surface area contributed by atoms with Crippen LogP contribution in [0.3, 0.4) is 0 Å². The maximum atomic E-state index is 11.2. The molecular weight excluding hydrogens is 242 g/mol. The first-order chi connectivity index (χ1) is 8.99. The van der Waals surface area contributed by atoms with Gasteiger partial charge in [0.1, 0.15) is 5.75 Å². The van der Waals surface area contributed by atoms with E-state index in [-0.39, 0.29) is 5.97 Å². The lowest BCUT2D eigenvalue weighted by atomic mass is 10.0. The third-order valence-corrected chi connectivity index (χ3v) is 3.16. The number of hydrogen-bond acceptors (Lipinski definition) is 4. The minimum Gasteiger partial charge on any atom is -0.495 e. The molecule has 106 valence electrons. The van der Waals surface area contributed by atoms with Gasteiger partial charge in [-0.25, -0.2) is 0 Å². The Morgan fingerprint density at radius 1 is 1.32 bits per heavy atom. The Morgan fingerprint density at radius 3 is 2.53 bits per heavy atom. The van der Waals surface area contributed by atoms with Crippen molar-refractivity contribution in [1.82, 2.24) is 0 Å². The van der Waals surface area contributed by atoms with Gasteiger partial charge in [-0.3, -0.25) is 4.79 Å². The molecule has 0 bridgehead atoms. The van der Waals surface area contributed by atoms with E-state index in [0.29, 0.717) is 18.9 Å². The maximum Gasteiger partial charge on any atom is 0.307 e. The van der Waals surface area contributed by atoms with Gasteiger partial charge in [0.05, 0.1) is 26.3 Å². The van der Waals surface area contributed by atoms with Gasteiger partial charge in [0.25, 0.3) is 0 Å². The minimum absolute atomic E-state index is 0.204. The molecule has 4 heteroatoms. The molecule has 1 aromatic carbocycles. The van der Waals surface area contributed by atoms with E-state index in [9.17, 15) is 4.79 Å². The number of carbonyl (C=O) groups is 1. The van der Waals surface area contributed by atoms with E-state index in [4.69, 9.17) is 4.74 Å². The van der Waals surface area contributed by atoms with Crippen molar-refractivity contribution in [2.24, 2.45) is 0 Å². The quantitative estimate of drug-likeness (QED) is 0.741. The van der Waals surface area contributed by atoms with Crippen molar-refractivity contribution in [2.45, 2.75) is 26.2 Å². The van der Waals surface area contributed by atoms with Crippen LogP contribution in [0.2, 0.25) is 0 Å². The molecule has 0 amide bonds. The Labute approximate surface area is 115 Å². The molecule has 0 N–H and O–H groups in total. The second-order valence-electron chi connectivity index (χ2n) is 4.83. The Kier molecular flexibility index (Phi) is 5.67. The molecule has 0 heterocycles. The highest BCUT2D eigenvalue weighted by Gasteiger charge is 2.12. The Morgan fingerprint density at radius 2 is 2.00 bits per heavy atom. The Bertz CT molecular complexity index is 429. The van der Waals surface area contributed by atoms with Crippen LogP contribution in [0.1, 0.15) is 31.7 Å². The van der Waals surface area contributed by atoms with Crippen molar-refractivity contribution in [1.29, 1.82) is 0 Å². The standard InChI is InChI=1S/C15H23NO3/c1-11(2)12-6-7-13(14(10-12)18-4)16(3)9-8-15(17)19-5/h6-7,10-11H,8-9H2,1-5H3. The lowest BCUT2D eigenvalue weighted by molar-refractivity contribution is -0.140. The average molecular weight is 265 g/mol. The summed E-state index contributed by atoms with van der Waals surface area (Å²) >= 11 is 0. The predicted molar refractivity (Wildman–Crippen MR) is 77.0 cm³/mol. The highest BCUT2D eigenvalue weighted by molar-refractivity contribution is 5.70. The fourth-order valence-electron chi connectivity index (χ4n) is 1.85. The molecule has 0 fully saturated rings. The van der Waals surface area contributed by atoms with Gasteiger partial charge in [-0.15, -0.1) is 0 Å². The number of hydrogen-bond donors (Lipinski definition) is 0. The monoisotopic (exact) mass is 265 g/mol. The molecular formula is C15H23NO3. The molecule has 0 aliphatic carbocycles. The summed E-state index contributed by atoms with van der Waals surface area (Å²) in [6, 6.07) is 6.18. The van der Waals surface area contributed by atoms with E-state index in [1.54, 1.807) is 7.11 Å². The average Bonchev–Trinajstić information content (AvgIpc) is 2.43. The highest BCUT2D eigenvalue weighted by atomic mass is 16.5. The van der Waals surface area contributed by atoms with Crippen LogP contribution in [0, 0.1) is 0 Å². The second-order valence-corrected chi connectivity index (χ2v) is 4.83. The van der Waals surface area contributed by atoms with Crippen LogP contribution in [-0.2, 0) is 9.53 Å². The summed E-state index contributed by atoms with van der Waals surface area (Å²) in [5.41, 5.74) is 2.22. The van der Waals surface area contributed by atoms with Gasteiger partial charge in [-0.1, -0.05) is 19.9 Å². The molecule has 0 saturated carbocycles. The molecule has 1 aromatic rings. The lowest BCUT2D eigenvalue weighted by Gasteiger charge is -2.22. The largest absolute Gasteiger partial charge is 0.495 e. The summed E-state index contributed by atoms with van der Waals surface area (Å²) in [5, 5.41) is 0. The Balaban J connectivity index is 2.84. The van der Waals surface area contributed by atoms with Crippen molar-refractivity contribution in [2.75, 3.05) is 32.7 Å². The normalized spacial score (nSPS) is 10.4. The number of benzene rings is 1. The van der Waals surface area contributed by atoms with Crippen LogP contribution in [0.4, 0.5) is 5.69 Å². The third-order valence-electron chi connectivity index (χ3n) is 3.16. The zero-order valence-corrected chi connectivity index (χ0v) is 12.4. The Hall–Kier alpha value is -1.71. The summed E-state index contributed by atoms with van der Waals surface area (Å²) in [4.78, 5) is 13.2. The third kappa shape index (κ3) is 4.16. The zero-order chi connectivity index (χ0) is 14.4. The number of rotatable bonds is 6. The fourth-order valence-corrected chi connectivity index (χ4v) is 1.85. The molecule has 1 rings (SSSR count). The minimum atomic E-state index is -0.204. The SMILES string of the molecule is COC(=O)CCN(C)c1ccc(C(C)C)cc1OC. The molecule has 0 atom stereocenters. The first-order valence-corrected chi connectivity index (χ1v) is 6.45. The number of methoxy groups -OCH3 is 2. The molecule has 0 unspecified atom stereocenters. The van der Waals surface area contributed by atoms with E-state index >= 15 is 0 Å². The number of esters is 1. The predicted octanol–water partition coefficient (Wildman–Crippen LogP) is 2.82. The second kappa shape index (κ2) is 7.02. The number of nitrogens with zero attached hydrogens (tertiary/aromatic N) is 1. The van der Waals surface area contributed by atoms with Crippen molar-refractivity contribution < 1.29 is 14.3 Å². The van der Waals surface area contributed by atoms with Gasteiger partial charge >= 0.3 is 5.97 Å². The summed E-state index contributed by atoms with van der Waals surface area (Å²) < 4.78 is 10.1. The molecule has 0 aliphatic heterocycles. The molecule has 0 saturated heterocycles. The first kappa shape index (κ1) is 15.3. The van der Waals surface area contributed by atoms with Crippen LogP contribution < -0.4 is 9.64 Å². The van der Waals surface area contributed by atoms with Crippen molar-refractivity contribution in [3.8, 4) is 5.75 Å². The fraction of sp³-hybridized carbons (Fsp3) is 0.533. The molecule has 0 aromatic heterocycles. The summed E-state index contributed by atoms with van der Waals surface area (Å²) in [7, 11) is 5.01. The van der Waals surface area contributed by atoms with Crippen molar-refractivity contribution in [3.63, 3.8) is 0 Å². The van der Waals surface area contributed by atoms with Gasteiger partial charge < -0.3 is 14.4 Å². The molecule has 0 aliphatic rings. The van der Waals surface area contributed by atoms with Crippen LogP contribution in [0.25, 0.3) is 0 Å². The summed E-state index contributed by atoms with van der Waals surface area (Å²) in [5.74, 6) is 1.09. The van der Waals surface area contributed by atoms with Crippen molar-refractivity contribution >= 4 is 11.7 Å². The first-order valence-electron chi connectivity index (χ1n) is 6.45. The smallest absolute Gasteiger partial charge is 0.307 e. The van der Waals surface area contributed by atoms with E-state index in [1.165, 1.54) is 12.7 Å². The van der Waals surface area contributed by atoms with Crippen LogP contribution in [0.5, 0.6) is 5.75 Å². The van der Waals surface area contributed by atoms with Crippen LogP contribution >= 0.6 is 0 Å². The molecule has 4 nitrogen and oxygen atoms in total. The summed E-state index contributed by atoms with van der Waals surface area (Å²) in [6.45, 7) is 4.90. The number of anilines is 1. The van der Waals surface area contributed by atoms with Crippen molar-refractivity contribution in [3.05, 3.63) is 23.8 Å². The van der Waals surface area contributed by atoms with E-state index in [1.807, 2.05) is 18.0 Å². The van der Waals surface area contributed by atoms with E-state index < -0.39 is 0 Å². The van der Waals surface area contributed by atoms with Gasteiger partial charge in [0, 0.05) is 13.6 Å². The summed E-state index contributed by atoms with van der Waals surface area (Å²) in [6.07, 6.45) is 0.363. The number of carbonyl (C=O) groups excluding carboxylic acids is 1. The zero-order valence-electron chi connectivity index (χ0n) is 12.4. The molecule has 19 heavy (non-hydrogen) atoms. The van der Waals surface area contributed by atoms with Crippen LogP contribution in [0.15, 0.2) is 18.2 Å². The van der Waals surface area contributed by atoms with E-state index in [2.05, 4.69) is 30.7 Å². The van der Waals surface area contributed by atoms with Crippen LogP contribution in [-0.4, -0.2) is 33.8 Å².